The number of fused-ring (bicyclic) bond motifs is 1. The van der Waals surface area contributed by atoms with Gasteiger partial charge in [-0.05, 0) is 35.7 Å². The number of furan rings is 1. The van der Waals surface area contributed by atoms with Crippen LogP contribution >= 0.6 is 0 Å². The summed E-state index contributed by atoms with van der Waals surface area (Å²) in [5, 5.41) is 8.47. The minimum atomic E-state index is -0.927. The molecule has 8 heteroatoms. The first-order chi connectivity index (χ1) is 15.1. The number of hydrogen-bond donors (Lipinski definition) is 3. The summed E-state index contributed by atoms with van der Waals surface area (Å²) in [5.74, 6) is -0.998. The number of hydrogen-bond acceptors (Lipinski definition) is 5. The van der Waals surface area contributed by atoms with Crippen LogP contribution in [0.5, 0.6) is 0 Å². The molecule has 2 aromatic carbocycles. The Morgan fingerprint density at radius 1 is 0.935 bits per heavy atom. The monoisotopic (exact) mass is 421 g/mol. The maximum atomic E-state index is 12.9. The van der Waals surface area contributed by atoms with E-state index in [1.807, 2.05) is 48.5 Å². The molecule has 3 rings (SSSR count). The number of carbonyl (C=O) groups is 4. The van der Waals surface area contributed by atoms with Crippen LogP contribution in [0.1, 0.15) is 11.1 Å². The van der Waals surface area contributed by atoms with Crippen molar-refractivity contribution in [1.82, 2.24) is 16.0 Å². The van der Waals surface area contributed by atoms with Gasteiger partial charge in [-0.3, -0.25) is 14.4 Å². The van der Waals surface area contributed by atoms with Gasteiger partial charge in [0.25, 0.3) is 0 Å². The molecule has 0 aliphatic rings. The minimum absolute atomic E-state index is 0.205. The third-order valence-corrected chi connectivity index (χ3v) is 4.74. The van der Waals surface area contributed by atoms with E-state index in [1.54, 1.807) is 12.3 Å². The van der Waals surface area contributed by atoms with E-state index < -0.39 is 23.9 Å². The highest BCUT2D eigenvalue weighted by atomic mass is 16.3. The van der Waals surface area contributed by atoms with Crippen LogP contribution in [0.3, 0.4) is 0 Å². The molecule has 1 aromatic heterocycles. The smallest absolute Gasteiger partial charge is 0.243 e. The Balaban J connectivity index is 1.73. The average molecular weight is 421 g/mol. The fourth-order valence-corrected chi connectivity index (χ4v) is 3.25. The normalized spacial score (nSPS) is 12.5. The molecule has 0 saturated carbocycles. The molecule has 0 aliphatic heterocycles. The van der Waals surface area contributed by atoms with E-state index in [-0.39, 0.29) is 13.0 Å². The topological polar surface area (TPSA) is 118 Å². The van der Waals surface area contributed by atoms with Gasteiger partial charge >= 0.3 is 0 Å². The molecule has 0 radical (unpaired) electrons. The van der Waals surface area contributed by atoms with Crippen LogP contribution in [0.15, 0.2) is 65.3 Å². The molecule has 31 heavy (non-hydrogen) atoms. The average Bonchev–Trinajstić information content (AvgIpc) is 3.25. The lowest BCUT2D eigenvalue weighted by Gasteiger charge is -2.21. The van der Waals surface area contributed by atoms with E-state index in [0.29, 0.717) is 24.7 Å². The van der Waals surface area contributed by atoms with Crippen molar-refractivity contribution < 1.29 is 23.6 Å². The van der Waals surface area contributed by atoms with Crippen molar-refractivity contribution in [3.63, 3.8) is 0 Å². The summed E-state index contributed by atoms with van der Waals surface area (Å²) in [5.41, 5.74) is 2.43. The minimum Gasteiger partial charge on any atom is -0.464 e. The van der Waals surface area contributed by atoms with Gasteiger partial charge in [-0.2, -0.15) is 0 Å². The van der Waals surface area contributed by atoms with Crippen LogP contribution in [0.2, 0.25) is 0 Å². The second-order valence-electron chi connectivity index (χ2n) is 7.06. The summed E-state index contributed by atoms with van der Waals surface area (Å²) in [4.78, 5) is 47.1. The quantitative estimate of drug-likeness (QED) is 0.401. The summed E-state index contributed by atoms with van der Waals surface area (Å²) in [6.45, 7) is -0.255. The maximum Gasteiger partial charge on any atom is 0.243 e. The summed E-state index contributed by atoms with van der Waals surface area (Å²) in [6.07, 6.45) is 3.20. The van der Waals surface area contributed by atoms with Gasteiger partial charge in [0, 0.05) is 11.8 Å². The molecule has 0 aliphatic carbocycles. The number of rotatable bonds is 11. The lowest BCUT2D eigenvalue weighted by Crippen LogP contribution is -2.52. The molecular weight excluding hydrogens is 398 g/mol. The van der Waals surface area contributed by atoms with Crippen LogP contribution < -0.4 is 16.0 Å². The molecule has 0 fully saturated rings. The first-order valence-electron chi connectivity index (χ1n) is 9.81. The SMILES string of the molecule is O=CNCC(=O)NC(Cc1ccc2occc2c1)C(=O)N[C@H](C=O)Cc1ccccc1. The van der Waals surface area contributed by atoms with E-state index >= 15 is 0 Å². The van der Waals surface area contributed by atoms with Crippen molar-refractivity contribution in [2.45, 2.75) is 24.9 Å². The van der Waals surface area contributed by atoms with Crippen molar-refractivity contribution in [3.8, 4) is 0 Å². The number of benzene rings is 2. The lowest BCUT2D eigenvalue weighted by molar-refractivity contribution is -0.130. The van der Waals surface area contributed by atoms with Gasteiger partial charge in [0.05, 0.1) is 18.8 Å². The second-order valence-corrected chi connectivity index (χ2v) is 7.06. The summed E-state index contributed by atoms with van der Waals surface area (Å²) in [6, 6.07) is 14.9. The Morgan fingerprint density at radius 3 is 2.48 bits per heavy atom. The zero-order valence-corrected chi connectivity index (χ0v) is 16.7. The van der Waals surface area contributed by atoms with Gasteiger partial charge in [-0.25, -0.2) is 0 Å². The van der Waals surface area contributed by atoms with Crippen molar-refractivity contribution in [1.29, 1.82) is 0 Å². The highest BCUT2D eigenvalue weighted by Gasteiger charge is 2.24. The summed E-state index contributed by atoms with van der Waals surface area (Å²) in [7, 11) is 0. The van der Waals surface area contributed by atoms with E-state index in [0.717, 1.165) is 16.5 Å². The molecule has 3 aromatic rings. The fraction of sp³-hybridized carbons (Fsp3) is 0.217. The zero-order valence-electron chi connectivity index (χ0n) is 16.7. The van der Waals surface area contributed by atoms with Crippen molar-refractivity contribution in [3.05, 3.63) is 72.0 Å². The van der Waals surface area contributed by atoms with Crippen molar-refractivity contribution >= 4 is 35.5 Å². The Kier molecular flexibility index (Phi) is 7.53. The Bertz CT molecular complexity index is 1050. The van der Waals surface area contributed by atoms with Crippen LogP contribution in [0, 0.1) is 0 Å². The van der Waals surface area contributed by atoms with Gasteiger partial charge < -0.3 is 25.2 Å². The van der Waals surface area contributed by atoms with Crippen molar-refractivity contribution in [2.75, 3.05) is 6.54 Å². The number of nitrogens with one attached hydrogen (secondary N) is 3. The largest absolute Gasteiger partial charge is 0.464 e. The highest BCUT2D eigenvalue weighted by molar-refractivity contribution is 5.90. The first kappa shape index (κ1) is 21.8. The van der Waals surface area contributed by atoms with Crippen LogP contribution in [0.4, 0.5) is 0 Å². The molecule has 0 saturated heterocycles. The molecule has 0 spiro atoms. The molecule has 1 heterocycles. The molecular formula is C23H23N3O5. The third-order valence-electron chi connectivity index (χ3n) is 4.74. The van der Waals surface area contributed by atoms with E-state index in [9.17, 15) is 19.2 Å². The van der Waals surface area contributed by atoms with E-state index in [1.165, 1.54) is 0 Å². The molecule has 0 bridgehead atoms. The van der Waals surface area contributed by atoms with Crippen LogP contribution in [-0.2, 0) is 32.0 Å². The Hall–Kier alpha value is -3.94. The first-order valence-corrected chi connectivity index (χ1v) is 9.81. The predicted molar refractivity (Wildman–Crippen MR) is 114 cm³/mol. The maximum absolute atomic E-state index is 12.9. The lowest BCUT2D eigenvalue weighted by atomic mass is 10.0. The molecule has 3 amide bonds. The molecule has 8 nitrogen and oxygen atoms in total. The third kappa shape index (κ3) is 6.27. The molecule has 2 atom stereocenters. The van der Waals surface area contributed by atoms with Gasteiger partial charge in [0.15, 0.2) is 0 Å². The number of aldehydes is 1. The van der Waals surface area contributed by atoms with Crippen LogP contribution in [-0.4, -0.2) is 43.1 Å². The summed E-state index contributed by atoms with van der Waals surface area (Å²) < 4.78 is 5.33. The zero-order chi connectivity index (χ0) is 22.1. The fourth-order valence-electron chi connectivity index (χ4n) is 3.25. The van der Waals surface area contributed by atoms with Gasteiger partial charge in [0.2, 0.25) is 18.2 Å². The standard InChI is InChI=1S/C23H23N3O5/c27-14-19(11-16-4-2-1-3-5-16)25-23(30)20(26-22(29)13-24-15-28)12-17-6-7-21-18(10-17)8-9-31-21/h1-10,14-15,19-20H,11-13H2,(H,24,28)(H,25,30)(H,26,29)/t19-,20?/m0/s1. The van der Waals surface area contributed by atoms with E-state index in [2.05, 4.69) is 16.0 Å². The van der Waals surface area contributed by atoms with Gasteiger partial charge in [-0.15, -0.1) is 0 Å². The highest BCUT2D eigenvalue weighted by Crippen LogP contribution is 2.18. The molecule has 160 valence electrons. The summed E-state index contributed by atoms with van der Waals surface area (Å²) >= 11 is 0. The Morgan fingerprint density at radius 2 is 1.74 bits per heavy atom. The molecule has 1 unspecified atom stereocenters. The number of amides is 3. The predicted octanol–water partition coefficient (Wildman–Crippen LogP) is 1.13. The van der Waals surface area contributed by atoms with Gasteiger partial charge in [0.1, 0.15) is 17.9 Å². The Labute approximate surface area is 179 Å². The van der Waals surface area contributed by atoms with Crippen molar-refractivity contribution in [2.24, 2.45) is 0 Å². The van der Waals surface area contributed by atoms with Gasteiger partial charge in [-0.1, -0.05) is 36.4 Å². The van der Waals surface area contributed by atoms with Crippen LogP contribution in [0.25, 0.3) is 11.0 Å². The number of carbonyl (C=O) groups excluding carboxylic acids is 4. The van der Waals surface area contributed by atoms with E-state index in [4.69, 9.17) is 4.42 Å². The molecule has 3 N–H and O–H groups in total. The second kappa shape index (κ2) is 10.7.